The van der Waals surface area contributed by atoms with Gasteiger partial charge in [0.25, 0.3) is 11.6 Å². The number of aliphatic hydroxyl groups excluding tert-OH is 1. The van der Waals surface area contributed by atoms with Gasteiger partial charge in [-0.2, -0.15) is 9.97 Å². The summed E-state index contributed by atoms with van der Waals surface area (Å²) in [5, 5.41) is 13.0. The minimum absolute atomic E-state index is 0.0171. The average molecular weight is 555 g/mol. The predicted molar refractivity (Wildman–Crippen MR) is 155 cm³/mol. The number of carbonyl (C=O) groups excluding carboxylic acids is 1. The van der Waals surface area contributed by atoms with Crippen molar-refractivity contribution in [3.63, 3.8) is 0 Å². The third kappa shape index (κ3) is 6.01. The fourth-order valence-electron chi connectivity index (χ4n) is 4.02. The van der Waals surface area contributed by atoms with Crippen LogP contribution in [-0.4, -0.2) is 51.1 Å². The van der Waals surface area contributed by atoms with E-state index in [9.17, 15) is 9.90 Å². The Bertz CT molecular complexity index is 1740. The highest BCUT2D eigenvalue weighted by molar-refractivity contribution is 7.19. The molecule has 0 unspecified atom stereocenters. The number of benzene rings is 2. The van der Waals surface area contributed by atoms with E-state index in [1.165, 1.54) is 17.7 Å². The van der Waals surface area contributed by atoms with Gasteiger partial charge < -0.3 is 30.8 Å². The maximum absolute atomic E-state index is 12.8. The van der Waals surface area contributed by atoms with Crippen molar-refractivity contribution in [3.05, 3.63) is 88.0 Å². The summed E-state index contributed by atoms with van der Waals surface area (Å²) in [4.78, 5) is 34.2. The predicted octanol–water partition coefficient (Wildman–Crippen LogP) is 3.73. The third-order valence-electron chi connectivity index (χ3n) is 6.15. The highest BCUT2D eigenvalue weighted by atomic mass is 32.1. The molecule has 0 spiro atoms. The van der Waals surface area contributed by atoms with Gasteiger partial charge in [0.05, 0.1) is 19.5 Å². The molecule has 0 aliphatic heterocycles. The van der Waals surface area contributed by atoms with Crippen LogP contribution in [0.5, 0.6) is 5.88 Å². The molecular formula is C28H26N8O3S. The highest BCUT2D eigenvalue weighted by Crippen LogP contribution is 2.31. The SMILES string of the molecule is [C-]#[N+]/C(=C\c1cc2ccc(N(C)CCO)cc2s1)C(=O)NCc1ccc(COc2nc(N)nc3nc[nH]c23)cc1. The molecule has 3 aromatic heterocycles. The fraction of sp³-hybridized carbons (Fsp3) is 0.179. The van der Waals surface area contributed by atoms with Crippen molar-refractivity contribution in [2.24, 2.45) is 0 Å². The first kappa shape index (κ1) is 26.6. The lowest BCUT2D eigenvalue weighted by Gasteiger charge is -2.17. The lowest BCUT2D eigenvalue weighted by molar-refractivity contribution is -0.117. The number of aliphatic hydroxyl groups is 1. The quantitative estimate of drug-likeness (QED) is 0.151. The topological polar surface area (TPSA) is 147 Å². The summed E-state index contributed by atoms with van der Waals surface area (Å²) in [6, 6.07) is 15.6. The van der Waals surface area contributed by atoms with E-state index in [-0.39, 0.29) is 31.4 Å². The number of nitrogens with one attached hydrogen (secondary N) is 2. The lowest BCUT2D eigenvalue weighted by Crippen LogP contribution is -2.23. The first-order chi connectivity index (χ1) is 19.4. The van der Waals surface area contributed by atoms with E-state index < -0.39 is 5.91 Å². The summed E-state index contributed by atoms with van der Waals surface area (Å²) < 4.78 is 6.85. The van der Waals surface area contributed by atoms with Gasteiger partial charge in [-0.15, -0.1) is 11.3 Å². The van der Waals surface area contributed by atoms with Crippen molar-refractivity contribution in [2.45, 2.75) is 13.2 Å². The number of hydrogen-bond acceptors (Lipinski definition) is 9. The summed E-state index contributed by atoms with van der Waals surface area (Å²) in [7, 11) is 1.92. The number of nitrogen functional groups attached to an aromatic ring is 1. The molecule has 0 saturated heterocycles. The Kier molecular flexibility index (Phi) is 7.86. The number of aromatic amines is 1. The molecule has 3 heterocycles. The molecule has 1 amide bonds. The number of nitrogens with zero attached hydrogens (tertiary/aromatic N) is 5. The molecule has 2 aromatic carbocycles. The first-order valence-electron chi connectivity index (χ1n) is 12.3. The van der Waals surface area contributed by atoms with Crippen molar-refractivity contribution in [1.82, 2.24) is 25.3 Å². The Labute approximate surface area is 233 Å². The second-order valence-corrected chi connectivity index (χ2v) is 10.0. The van der Waals surface area contributed by atoms with Crippen molar-refractivity contribution in [2.75, 3.05) is 30.8 Å². The van der Waals surface area contributed by atoms with E-state index in [1.807, 2.05) is 60.5 Å². The number of fused-ring (bicyclic) bond motifs is 2. The van der Waals surface area contributed by atoms with Crippen LogP contribution in [0.2, 0.25) is 0 Å². The Hall–Kier alpha value is -4.99. The molecular weight excluding hydrogens is 528 g/mol. The zero-order valence-electron chi connectivity index (χ0n) is 21.6. The maximum Gasteiger partial charge on any atom is 0.251 e. The molecule has 0 fully saturated rings. The van der Waals surface area contributed by atoms with Crippen molar-refractivity contribution >= 4 is 56.2 Å². The number of amides is 1. The molecule has 0 atom stereocenters. The Morgan fingerprint density at radius 3 is 2.80 bits per heavy atom. The van der Waals surface area contributed by atoms with Crippen molar-refractivity contribution in [3.8, 4) is 5.88 Å². The molecule has 0 radical (unpaired) electrons. The van der Waals surface area contributed by atoms with E-state index in [0.717, 1.165) is 31.8 Å². The van der Waals surface area contributed by atoms with Crippen LogP contribution in [0.15, 0.2) is 60.6 Å². The van der Waals surface area contributed by atoms with Crippen molar-refractivity contribution in [1.29, 1.82) is 0 Å². The molecule has 11 nitrogen and oxygen atoms in total. The smallest absolute Gasteiger partial charge is 0.251 e. The molecule has 5 rings (SSSR count). The minimum Gasteiger partial charge on any atom is -0.471 e. The number of aromatic nitrogens is 4. The third-order valence-corrected chi connectivity index (χ3v) is 7.20. The van der Waals surface area contributed by atoms with Gasteiger partial charge in [0.1, 0.15) is 12.1 Å². The molecule has 5 aromatic rings. The number of thiophene rings is 1. The number of carbonyl (C=O) groups is 1. The van der Waals surface area contributed by atoms with Crippen LogP contribution >= 0.6 is 11.3 Å². The number of ether oxygens (including phenoxy) is 1. The van der Waals surface area contributed by atoms with Crippen LogP contribution in [0.1, 0.15) is 16.0 Å². The van der Waals surface area contributed by atoms with Gasteiger partial charge in [0, 0.05) is 35.4 Å². The van der Waals surface area contributed by atoms with E-state index >= 15 is 0 Å². The van der Waals surface area contributed by atoms with Crippen molar-refractivity contribution < 1.29 is 14.6 Å². The Balaban J connectivity index is 1.19. The Morgan fingerprint density at radius 2 is 2.02 bits per heavy atom. The van der Waals surface area contributed by atoms with Crippen LogP contribution < -0.4 is 20.7 Å². The highest BCUT2D eigenvalue weighted by Gasteiger charge is 2.13. The largest absolute Gasteiger partial charge is 0.471 e. The number of anilines is 2. The summed E-state index contributed by atoms with van der Waals surface area (Å²) in [6.45, 7) is 8.67. The molecule has 0 aliphatic carbocycles. The summed E-state index contributed by atoms with van der Waals surface area (Å²) in [5.41, 5.74) is 9.52. The van der Waals surface area contributed by atoms with Crippen LogP contribution in [0.4, 0.5) is 11.6 Å². The molecule has 0 aliphatic rings. The molecule has 5 N–H and O–H groups in total. The van der Waals surface area contributed by atoms with Crippen LogP contribution in [-0.2, 0) is 17.9 Å². The van der Waals surface area contributed by atoms with Gasteiger partial charge in [-0.05, 0) is 40.8 Å². The number of likely N-dealkylation sites (N-methyl/N-ethyl adjacent to an activating group) is 1. The number of H-pyrrole nitrogens is 1. The Morgan fingerprint density at radius 1 is 1.23 bits per heavy atom. The second-order valence-electron chi connectivity index (χ2n) is 8.93. The number of rotatable bonds is 10. The molecule has 0 saturated carbocycles. The summed E-state index contributed by atoms with van der Waals surface area (Å²) in [5.74, 6) is -0.0341. The number of imidazole rings is 1. The van der Waals surface area contributed by atoms with Gasteiger partial charge in [-0.1, -0.05) is 30.3 Å². The van der Waals surface area contributed by atoms with E-state index in [2.05, 4.69) is 30.1 Å². The van der Waals surface area contributed by atoms with E-state index in [1.54, 1.807) is 6.08 Å². The van der Waals surface area contributed by atoms with Gasteiger partial charge in [0.2, 0.25) is 11.8 Å². The molecule has 202 valence electrons. The van der Waals surface area contributed by atoms with Gasteiger partial charge in [-0.3, -0.25) is 4.79 Å². The standard InChI is InChI=1S/C28H26N8O3S/c1-30-22(13-21-11-19-7-8-20(12-23(19)40-21)36(2)9-10-37)26(38)31-14-17-3-5-18(6-4-17)15-39-27-24-25(33-16-32-24)34-28(29)35-27/h3-8,11-13,16,37H,9-10,14-15H2,2H3,(H,31,38)(H3,29,32,33,34,35)/b22-13-. The first-order valence-corrected chi connectivity index (χ1v) is 13.2. The second kappa shape index (κ2) is 11.8. The average Bonchev–Trinajstić information content (AvgIpc) is 3.60. The number of nitrogens with two attached hydrogens (primary N) is 1. The molecule has 0 bridgehead atoms. The molecule has 40 heavy (non-hydrogen) atoms. The monoisotopic (exact) mass is 554 g/mol. The van der Waals surface area contributed by atoms with Gasteiger partial charge in [0.15, 0.2) is 5.65 Å². The van der Waals surface area contributed by atoms with E-state index in [0.29, 0.717) is 23.6 Å². The maximum atomic E-state index is 12.8. The van der Waals surface area contributed by atoms with Crippen LogP contribution in [0.3, 0.4) is 0 Å². The lowest BCUT2D eigenvalue weighted by atomic mass is 10.1. The van der Waals surface area contributed by atoms with E-state index in [4.69, 9.17) is 17.0 Å². The van der Waals surface area contributed by atoms with Crippen LogP contribution in [0.25, 0.3) is 32.2 Å². The van der Waals surface area contributed by atoms with Crippen LogP contribution in [0, 0.1) is 6.57 Å². The minimum atomic E-state index is -0.437. The number of hydrogen-bond donors (Lipinski definition) is 4. The van der Waals surface area contributed by atoms with Gasteiger partial charge in [-0.25, -0.2) is 9.83 Å². The zero-order valence-corrected chi connectivity index (χ0v) is 22.4. The summed E-state index contributed by atoms with van der Waals surface area (Å²) in [6.07, 6.45) is 3.11. The fourth-order valence-corrected chi connectivity index (χ4v) is 5.05. The summed E-state index contributed by atoms with van der Waals surface area (Å²) >= 11 is 1.51. The normalized spacial score (nSPS) is 11.5. The van der Waals surface area contributed by atoms with Gasteiger partial charge >= 0.3 is 0 Å². The molecule has 12 heteroatoms. The zero-order chi connectivity index (χ0) is 28.1.